The molecule has 1 aromatic carbocycles. The molecule has 0 amide bonds. The fraction of sp³-hybridized carbons (Fsp3) is 0.182. The molecule has 2 aromatic rings. The van der Waals surface area contributed by atoms with Crippen LogP contribution in [-0.2, 0) is 4.79 Å². The summed E-state index contributed by atoms with van der Waals surface area (Å²) in [6.45, 7) is 0. The van der Waals surface area contributed by atoms with Crippen molar-refractivity contribution in [1.29, 1.82) is 0 Å². The number of aliphatic carboxylic acids is 1. The van der Waals surface area contributed by atoms with Crippen LogP contribution in [0.4, 0.5) is 0 Å². The summed E-state index contributed by atoms with van der Waals surface area (Å²) in [6, 6.07) is 7.86. The second-order valence-electron chi connectivity index (χ2n) is 3.34. The Balaban J connectivity index is 2.33. The molecule has 2 rings (SSSR count). The molecule has 0 spiro atoms. The van der Waals surface area contributed by atoms with Crippen molar-refractivity contribution < 1.29 is 9.90 Å². The summed E-state index contributed by atoms with van der Waals surface area (Å²) < 4.78 is 1.80. The van der Waals surface area contributed by atoms with Gasteiger partial charge in [-0.3, -0.25) is 9.36 Å². The minimum Gasteiger partial charge on any atom is -0.481 e. The lowest BCUT2D eigenvalue weighted by Gasteiger charge is -2.09. The molecule has 1 N–H and O–H groups in total. The average Bonchev–Trinajstić information content (AvgIpc) is 2.84. The highest BCUT2D eigenvalue weighted by Gasteiger charge is 2.11. The highest BCUT2D eigenvalue weighted by atomic mass is 32.2. The van der Waals surface area contributed by atoms with E-state index in [9.17, 15) is 4.79 Å². The number of carboxylic acid groups (broad SMARTS) is 1. The highest BCUT2D eigenvalue weighted by molar-refractivity contribution is 7.99. The molecule has 5 nitrogen and oxygen atoms in total. The number of hydrogen-bond donors (Lipinski definition) is 1. The first-order valence-corrected chi connectivity index (χ1v) is 7.31. The first kappa shape index (κ1) is 13.0. The number of para-hydroxylation sites is 1. The van der Waals surface area contributed by atoms with Crippen LogP contribution in [0.25, 0.3) is 5.69 Å². The van der Waals surface area contributed by atoms with Crippen LogP contribution in [0.2, 0.25) is 0 Å². The Morgan fingerprint density at radius 1 is 1.44 bits per heavy atom. The fourth-order valence-corrected chi connectivity index (χ4v) is 2.68. The largest absolute Gasteiger partial charge is 0.481 e. The first-order valence-electron chi connectivity index (χ1n) is 5.10. The lowest BCUT2D eigenvalue weighted by molar-refractivity contribution is -0.133. The van der Waals surface area contributed by atoms with Gasteiger partial charge in [0.05, 0.1) is 11.4 Å². The molecule has 18 heavy (non-hydrogen) atoms. The van der Waals surface area contributed by atoms with Crippen LogP contribution in [0.1, 0.15) is 0 Å². The lowest BCUT2D eigenvalue weighted by Crippen LogP contribution is -2.02. The van der Waals surface area contributed by atoms with Crippen LogP contribution in [0.3, 0.4) is 0 Å². The van der Waals surface area contributed by atoms with Crippen molar-refractivity contribution in [2.75, 3.05) is 12.0 Å². The molecule has 0 fully saturated rings. The standard InChI is InChI=1S/C11H11N3O2S2/c1-17-9-5-3-2-4-8(9)14-7-12-13-11(14)18-6-10(15)16/h2-5,7H,6H2,1H3,(H,15,16). The number of hydrogen-bond acceptors (Lipinski definition) is 5. The van der Waals surface area contributed by atoms with Gasteiger partial charge in [0.15, 0.2) is 5.16 Å². The number of rotatable bonds is 5. The number of thioether (sulfide) groups is 2. The number of aromatic nitrogens is 3. The van der Waals surface area contributed by atoms with Gasteiger partial charge in [-0.2, -0.15) is 0 Å². The van der Waals surface area contributed by atoms with E-state index in [0.29, 0.717) is 5.16 Å². The van der Waals surface area contributed by atoms with Crippen LogP contribution >= 0.6 is 23.5 Å². The molecule has 0 atom stereocenters. The van der Waals surface area contributed by atoms with E-state index < -0.39 is 5.97 Å². The zero-order chi connectivity index (χ0) is 13.0. The Bertz CT molecular complexity index is 557. The number of carboxylic acids is 1. The Labute approximate surface area is 113 Å². The van der Waals surface area contributed by atoms with E-state index in [1.165, 1.54) is 0 Å². The van der Waals surface area contributed by atoms with Gasteiger partial charge in [0.25, 0.3) is 0 Å². The zero-order valence-corrected chi connectivity index (χ0v) is 11.2. The summed E-state index contributed by atoms with van der Waals surface area (Å²) in [5, 5.41) is 17.1. The maximum atomic E-state index is 10.6. The molecule has 0 aliphatic rings. The maximum absolute atomic E-state index is 10.6. The van der Waals surface area contributed by atoms with Crippen LogP contribution in [-0.4, -0.2) is 37.8 Å². The molecule has 0 saturated heterocycles. The molecule has 0 unspecified atom stereocenters. The monoisotopic (exact) mass is 281 g/mol. The van der Waals surface area contributed by atoms with E-state index in [4.69, 9.17) is 5.11 Å². The summed E-state index contributed by atoms with van der Waals surface area (Å²) in [5.41, 5.74) is 0.961. The smallest absolute Gasteiger partial charge is 0.313 e. The van der Waals surface area contributed by atoms with Crippen LogP contribution in [0.5, 0.6) is 0 Å². The van der Waals surface area contributed by atoms with E-state index in [1.54, 1.807) is 22.7 Å². The van der Waals surface area contributed by atoms with Crippen molar-refractivity contribution in [2.45, 2.75) is 10.1 Å². The van der Waals surface area contributed by atoms with Crippen LogP contribution in [0.15, 0.2) is 40.6 Å². The van der Waals surface area contributed by atoms with Crippen LogP contribution < -0.4 is 0 Å². The quantitative estimate of drug-likeness (QED) is 0.847. The number of carbonyl (C=O) groups is 1. The van der Waals surface area contributed by atoms with Crippen LogP contribution in [0, 0.1) is 0 Å². The third-order valence-electron chi connectivity index (χ3n) is 2.19. The third-order valence-corrected chi connectivity index (χ3v) is 3.90. The SMILES string of the molecule is CSc1ccccc1-n1cnnc1SCC(=O)O. The van der Waals surface area contributed by atoms with Crippen molar-refractivity contribution in [3.05, 3.63) is 30.6 Å². The van der Waals surface area contributed by atoms with Gasteiger partial charge < -0.3 is 5.11 Å². The average molecular weight is 281 g/mol. The van der Waals surface area contributed by atoms with Gasteiger partial charge in [0.1, 0.15) is 6.33 Å². The predicted octanol–water partition coefficient (Wildman–Crippen LogP) is 2.17. The van der Waals surface area contributed by atoms with Gasteiger partial charge in [-0.15, -0.1) is 22.0 Å². The summed E-state index contributed by atoms with van der Waals surface area (Å²) in [7, 11) is 0. The molecule has 0 aliphatic heterocycles. The van der Waals surface area contributed by atoms with E-state index in [0.717, 1.165) is 22.3 Å². The molecule has 0 saturated carbocycles. The second kappa shape index (κ2) is 5.92. The lowest BCUT2D eigenvalue weighted by atomic mass is 10.3. The minimum absolute atomic E-state index is 0.0277. The van der Waals surface area contributed by atoms with Gasteiger partial charge in [0.2, 0.25) is 0 Å². The molecular weight excluding hydrogens is 270 g/mol. The van der Waals surface area contributed by atoms with Crippen molar-refractivity contribution in [1.82, 2.24) is 14.8 Å². The Kier molecular flexibility index (Phi) is 4.27. The number of nitrogens with zero attached hydrogens (tertiary/aromatic N) is 3. The van der Waals surface area contributed by atoms with Crippen molar-refractivity contribution in [2.24, 2.45) is 0 Å². The van der Waals surface area contributed by atoms with Gasteiger partial charge in [0, 0.05) is 4.90 Å². The summed E-state index contributed by atoms with van der Waals surface area (Å²) in [5.74, 6) is -0.896. The van der Waals surface area contributed by atoms with Gasteiger partial charge in [-0.25, -0.2) is 0 Å². The summed E-state index contributed by atoms with van der Waals surface area (Å²) >= 11 is 2.78. The maximum Gasteiger partial charge on any atom is 0.313 e. The predicted molar refractivity (Wildman–Crippen MR) is 71.5 cm³/mol. The molecule has 0 radical (unpaired) electrons. The molecule has 7 heteroatoms. The molecular formula is C11H11N3O2S2. The highest BCUT2D eigenvalue weighted by Crippen LogP contribution is 2.27. The topological polar surface area (TPSA) is 68.0 Å². The zero-order valence-electron chi connectivity index (χ0n) is 9.61. The Hall–Kier alpha value is -1.47. The van der Waals surface area contributed by atoms with Crippen molar-refractivity contribution >= 4 is 29.5 Å². The second-order valence-corrected chi connectivity index (χ2v) is 5.13. The van der Waals surface area contributed by atoms with E-state index in [-0.39, 0.29) is 5.75 Å². The summed E-state index contributed by atoms with van der Waals surface area (Å²) in [4.78, 5) is 11.7. The molecule has 94 valence electrons. The van der Waals surface area contributed by atoms with Crippen molar-refractivity contribution in [3.8, 4) is 5.69 Å². The van der Waals surface area contributed by atoms with E-state index in [2.05, 4.69) is 10.2 Å². The molecule has 0 aliphatic carbocycles. The fourth-order valence-electron chi connectivity index (χ4n) is 1.44. The normalized spacial score (nSPS) is 10.5. The Morgan fingerprint density at radius 3 is 2.94 bits per heavy atom. The van der Waals surface area contributed by atoms with E-state index in [1.807, 2.05) is 30.5 Å². The number of benzene rings is 1. The first-order chi connectivity index (χ1) is 8.72. The van der Waals surface area contributed by atoms with Gasteiger partial charge in [-0.1, -0.05) is 23.9 Å². The summed E-state index contributed by atoms with van der Waals surface area (Å²) in [6.07, 6.45) is 3.59. The van der Waals surface area contributed by atoms with Crippen molar-refractivity contribution in [3.63, 3.8) is 0 Å². The minimum atomic E-state index is -0.868. The van der Waals surface area contributed by atoms with Gasteiger partial charge >= 0.3 is 5.97 Å². The van der Waals surface area contributed by atoms with E-state index >= 15 is 0 Å². The Morgan fingerprint density at radius 2 is 2.22 bits per heavy atom. The molecule has 1 heterocycles. The van der Waals surface area contributed by atoms with Gasteiger partial charge in [-0.05, 0) is 18.4 Å². The molecule has 0 bridgehead atoms. The third kappa shape index (κ3) is 2.85. The molecule has 1 aromatic heterocycles.